The van der Waals surface area contributed by atoms with Crippen LogP contribution in [-0.4, -0.2) is 23.1 Å². The van der Waals surface area contributed by atoms with Gasteiger partial charge in [-0.2, -0.15) is 0 Å². The minimum absolute atomic E-state index is 0.0390. The molecule has 1 rings (SSSR count). The van der Waals surface area contributed by atoms with E-state index in [-0.39, 0.29) is 18.5 Å². The van der Waals surface area contributed by atoms with Gasteiger partial charge >= 0.3 is 12.0 Å². The monoisotopic (exact) mass is 328 g/mol. The number of benzene rings is 1. The SMILES string of the molecule is Cc1c(Br)cccc1NC(=O)NC(C)CCC(=O)O. The van der Waals surface area contributed by atoms with Crippen LogP contribution in [0.15, 0.2) is 22.7 Å². The van der Waals surface area contributed by atoms with Gasteiger partial charge in [-0.3, -0.25) is 4.79 Å². The first-order valence-corrected chi connectivity index (χ1v) is 6.74. The van der Waals surface area contributed by atoms with Gasteiger partial charge in [0.1, 0.15) is 0 Å². The molecule has 0 aliphatic rings. The molecule has 0 aliphatic carbocycles. The summed E-state index contributed by atoms with van der Waals surface area (Å²) < 4.78 is 0.921. The van der Waals surface area contributed by atoms with Crippen LogP contribution in [0.25, 0.3) is 0 Å². The van der Waals surface area contributed by atoms with Gasteiger partial charge in [-0.1, -0.05) is 22.0 Å². The average Bonchev–Trinajstić information content (AvgIpc) is 2.32. The standard InChI is InChI=1S/C13H17BrN2O3/c1-8(6-7-12(17)18)15-13(19)16-11-5-3-4-10(14)9(11)2/h3-5,8H,6-7H2,1-2H3,(H,17,18)(H2,15,16,19). The molecule has 1 aromatic rings. The van der Waals surface area contributed by atoms with E-state index in [1.54, 1.807) is 6.92 Å². The van der Waals surface area contributed by atoms with Crippen molar-refractivity contribution in [2.75, 3.05) is 5.32 Å². The van der Waals surface area contributed by atoms with Gasteiger partial charge in [0, 0.05) is 22.6 Å². The molecule has 1 atom stereocenters. The van der Waals surface area contributed by atoms with Crippen molar-refractivity contribution in [1.29, 1.82) is 0 Å². The number of nitrogens with one attached hydrogen (secondary N) is 2. The van der Waals surface area contributed by atoms with Crippen LogP contribution in [0, 0.1) is 6.92 Å². The Bertz CT molecular complexity index is 477. The van der Waals surface area contributed by atoms with Crippen molar-refractivity contribution in [2.45, 2.75) is 32.7 Å². The number of halogens is 1. The third-order valence-electron chi connectivity index (χ3n) is 2.68. The number of urea groups is 1. The van der Waals surface area contributed by atoms with Gasteiger partial charge in [-0.15, -0.1) is 0 Å². The topological polar surface area (TPSA) is 78.4 Å². The highest BCUT2D eigenvalue weighted by molar-refractivity contribution is 9.10. The van der Waals surface area contributed by atoms with E-state index in [4.69, 9.17) is 5.11 Å². The summed E-state index contributed by atoms with van der Waals surface area (Å²) in [5.74, 6) is -0.864. The van der Waals surface area contributed by atoms with E-state index in [0.717, 1.165) is 15.7 Å². The Morgan fingerprint density at radius 3 is 2.74 bits per heavy atom. The second-order valence-corrected chi connectivity index (χ2v) is 5.20. The van der Waals surface area contributed by atoms with Crippen LogP contribution in [0.5, 0.6) is 0 Å². The van der Waals surface area contributed by atoms with E-state index in [9.17, 15) is 9.59 Å². The molecule has 0 saturated carbocycles. The molecule has 0 aromatic heterocycles. The lowest BCUT2D eigenvalue weighted by Gasteiger charge is -2.15. The number of rotatable bonds is 5. The number of aliphatic carboxylic acids is 1. The Kier molecular flexibility index (Phi) is 5.82. The van der Waals surface area contributed by atoms with Crippen molar-refractivity contribution >= 4 is 33.6 Å². The lowest BCUT2D eigenvalue weighted by Crippen LogP contribution is -2.36. The van der Waals surface area contributed by atoms with Gasteiger partial charge in [0.25, 0.3) is 0 Å². The van der Waals surface area contributed by atoms with Crippen LogP contribution in [0.3, 0.4) is 0 Å². The van der Waals surface area contributed by atoms with Crippen LogP contribution >= 0.6 is 15.9 Å². The smallest absolute Gasteiger partial charge is 0.319 e. The minimum Gasteiger partial charge on any atom is -0.481 e. The number of anilines is 1. The summed E-state index contributed by atoms with van der Waals surface area (Å²) in [5, 5.41) is 14.0. The van der Waals surface area contributed by atoms with Crippen LogP contribution < -0.4 is 10.6 Å². The van der Waals surface area contributed by atoms with Gasteiger partial charge in [0.05, 0.1) is 0 Å². The van der Waals surface area contributed by atoms with E-state index >= 15 is 0 Å². The first-order valence-electron chi connectivity index (χ1n) is 5.94. The molecule has 3 N–H and O–H groups in total. The molecule has 1 aromatic carbocycles. The zero-order valence-corrected chi connectivity index (χ0v) is 12.5. The van der Waals surface area contributed by atoms with E-state index in [0.29, 0.717) is 6.42 Å². The van der Waals surface area contributed by atoms with Gasteiger partial charge in [0.2, 0.25) is 0 Å². The molecule has 0 bridgehead atoms. The summed E-state index contributed by atoms with van der Waals surface area (Å²) >= 11 is 3.39. The highest BCUT2D eigenvalue weighted by Crippen LogP contribution is 2.23. The van der Waals surface area contributed by atoms with Crippen LogP contribution in [0.1, 0.15) is 25.3 Å². The average molecular weight is 329 g/mol. The van der Waals surface area contributed by atoms with Crippen LogP contribution in [0.4, 0.5) is 10.5 Å². The van der Waals surface area contributed by atoms with Crippen LogP contribution in [-0.2, 0) is 4.79 Å². The molecular formula is C13H17BrN2O3. The highest BCUT2D eigenvalue weighted by Gasteiger charge is 2.10. The number of carboxylic acid groups (broad SMARTS) is 1. The van der Waals surface area contributed by atoms with Crippen molar-refractivity contribution in [3.63, 3.8) is 0 Å². The maximum absolute atomic E-state index is 11.7. The molecule has 1 unspecified atom stereocenters. The predicted octanol–water partition coefficient (Wildman–Crippen LogP) is 3.13. The number of hydrogen-bond acceptors (Lipinski definition) is 2. The molecule has 6 heteroatoms. The molecule has 0 spiro atoms. The second kappa shape index (κ2) is 7.13. The number of amides is 2. The zero-order valence-electron chi connectivity index (χ0n) is 10.9. The zero-order chi connectivity index (χ0) is 14.4. The fourth-order valence-corrected chi connectivity index (χ4v) is 1.90. The van der Waals surface area contributed by atoms with Crippen molar-refractivity contribution in [1.82, 2.24) is 5.32 Å². The normalized spacial score (nSPS) is 11.7. The maximum atomic E-state index is 11.7. The van der Waals surface area contributed by atoms with Gasteiger partial charge in [-0.05, 0) is 38.0 Å². The summed E-state index contributed by atoms with van der Waals surface area (Å²) in [5.41, 5.74) is 1.66. The molecule has 2 amide bonds. The number of carboxylic acids is 1. The summed E-state index contributed by atoms with van der Waals surface area (Å²) in [6.07, 6.45) is 0.442. The Balaban J connectivity index is 2.51. The Labute approximate surface area is 120 Å². The van der Waals surface area contributed by atoms with E-state index in [1.807, 2.05) is 25.1 Å². The maximum Gasteiger partial charge on any atom is 0.319 e. The van der Waals surface area contributed by atoms with Crippen molar-refractivity contribution in [3.8, 4) is 0 Å². The van der Waals surface area contributed by atoms with Gasteiger partial charge in [0.15, 0.2) is 0 Å². The molecule has 0 saturated heterocycles. The summed E-state index contributed by atoms with van der Waals surface area (Å²) in [7, 11) is 0. The number of carbonyl (C=O) groups is 2. The molecule has 19 heavy (non-hydrogen) atoms. The fraction of sp³-hybridized carbons (Fsp3) is 0.385. The Morgan fingerprint density at radius 2 is 2.11 bits per heavy atom. The minimum atomic E-state index is -0.864. The molecule has 104 valence electrons. The quantitative estimate of drug-likeness (QED) is 0.776. The molecule has 0 radical (unpaired) electrons. The molecule has 0 heterocycles. The van der Waals surface area contributed by atoms with Gasteiger partial charge in [-0.25, -0.2) is 4.79 Å². The van der Waals surface area contributed by atoms with Gasteiger partial charge < -0.3 is 15.7 Å². The number of carbonyl (C=O) groups excluding carboxylic acids is 1. The highest BCUT2D eigenvalue weighted by atomic mass is 79.9. The van der Waals surface area contributed by atoms with Crippen molar-refractivity contribution < 1.29 is 14.7 Å². The molecule has 0 aliphatic heterocycles. The number of hydrogen-bond donors (Lipinski definition) is 3. The Morgan fingerprint density at radius 1 is 1.42 bits per heavy atom. The lowest BCUT2D eigenvalue weighted by atomic mass is 10.2. The summed E-state index contributed by atoms with van der Waals surface area (Å²) in [6.45, 7) is 3.67. The third kappa shape index (κ3) is 5.30. The lowest BCUT2D eigenvalue weighted by molar-refractivity contribution is -0.137. The van der Waals surface area contributed by atoms with E-state index < -0.39 is 5.97 Å². The molecule has 5 nitrogen and oxygen atoms in total. The predicted molar refractivity (Wildman–Crippen MR) is 77.4 cm³/mol. The summed E-state index contributed by atoms with van der Waals surface area (Å²) in [4.78, 5) is 22.2. The third-order valence-corrected chi connectivity index (χ3v) is 3.54. The first kappa shape index (κ1) is 15.5. The largest absolute Gasteiger partial charge is 0.481 e. The first-order chi connectivity index (χ1) is 8.90. The Hall–Kier alpha value is -1.56. The van der Waals surface area contributed by atoms with Crippen molar-refractivity contribution in [3.05, 3.63) is 28.2 Å². The fourth-order valence-electron chi connectivity index (χ4n) is 1.54. The summed E-state index contributed by atoms with van der Waals surface area (Å²) in [6, 6.07) is 5.01. The van der Waals surface area contributed by atoms with Crippen LogP contribution in [0.2, 0.25) is 0 Å². The molecular weight excluding hydrogens is 312 g/mol. The van der Waals surface area contributed by atoms with E-state index in [1.165, 1.54) is 0 Å². The van der Waals surface area contributed by atoms with Crippen molar-refractivity contribution in [2.24, 2.45) is 0 Å². The second-order valence-electron chi connectivity index (χ2n) is 4.34. The molecule has 0 fully saturated rings. The van der Waals surface area contributed by atoms with E-state index in [2.05, 4.69) is 26.6 Å².